The molecule has 1 heterocycles. The summed E-state index contributed by atoms with van der Waals surface area (Å²) >= 11 is 0. The highest BCUT2D eigenvalue weighted by atomic mass is 16.4. The lowest BCUT2D eigenvalue weighted by atomic mass is 10.2. The molecule has 18 heavy (non-hydrogen) atoms. The average molecular weight is 257 g/mol. The van der Waals surface area contributed by atoms with Crippen molar-refractivity contribution in [1.82, 2.24) is 20.3 Å². The Balaban J connectivity index is 2.51. The molecule has 9 heteroatoms. The minimum atomic E-state index is -1.20. The predicted octanol–water partition coefficient (Wildman–Crippen LogP) is -2.31. The monoisotopic (exact) mass is 257 g/mol. The summed E-state index contributed by atoms with van der Waals surface area (Å²) in [5.74, 6) is -1.72. The van der Waals surface area contributed by atoms with Crippen LogP contribution in [-0.4, -0.2) is 49.7 Å². The van der Waals surface area contributed by atoms with Crippen molar-refractivity contribution in [2.24, 2.45) is 5.73 Å². The lowest BCUT2D eigenvalue weighted by molar-refractivity contribution is -0.142. The fourth-order valence-corrected chi connectivity index (χ4v) is 1.28. The van der Waals surface area contributed by atoms with Crippen molar-refractivity contribution in [2.75, 3.05) is 6.61 Å². The summed E-state index contributed by atoms with van der Waals surface area (Å²) in [5, 5.41) is 27.1. The van der Waals surface area contributed by atoms with E-state index in [1.54, 1.807) is 0 Å². The summed E-state index contributed by atoms with van der Waals surface area (Å²) in [7, 11) is 0. The van der Waals surface area contributed by atoms with E-state index < -0.39 is 17.9 Å². The van der Waals surface area contributed by atoms with E-state index in [2.05, 4.69) is 15.6 Å². The van der Waals surface area contributed by atoms with Crippen molar-refractivity contribution in [3.05, 3.63) is 11.9 Å². The van der Waals surface area contributed by atoms with Gasteiger partial charge in [-0.05, 0) is 0 Å². The SMILES string of the molecule is NCc1cn(CC(=O)NC(CCO)C(=O)O)nn1. The van der Waals surface area contributed by atoms with Gasteiger partial charge in [0.05, 0.1) is 11.9 Å². The fourth-order valence-electron chi connectivity index (χ4n) is 1.28. The van der Waals surface area contributed by atoms with Crippen LogP contribution in [0, 0.1) is 0 Å². The second-order valence-corrected chi connectivity index (χ2v) is 3.58. The summed E-state index contributed by atoms with van der Waals surface area (Å²) in [4.78, 5) is 22.3. The number of nitrogens with two attached hydrogens (primary N) is 1. The second kappa shape index (κ2) is 6.67. The number of hydrogen-bond donors (Lipinski definition) is 4. The number of aromatic nitrogens is 3. The number of carbonyl (C=O) groups excluding carboxylic acids is 1. The molecule has 5 N–H and O–H groups in total. The van der Waals surface area contributed by atoms with Crippen LogP contribution in [-0.2, 0) is 22.7 Å². The van der Waals surface area contributed by atoms with E-state index in [0.717, 1.165) is 0 Å². The van der Waals surface area contributed by atoms with Gasteiger partial charge in [0.1, 0.15) is 12.6 Å². The van der Waals surface area contributed by atoms with Crippen molar-refractivity contribution in [3.8, 4) is 0 Å². The Bertz CT molecular complexity index is 419. The van der Waals surface area contributed by atoms with Crippen molar-refractivity contribution in [1.29, 1.82) is 0 Å². The van der Waals surface area contributed by atoms with Gasteiger partial charge in [-0.2, -0.15) is 0 Å². The van der Waals surface area contributed by atoms with Gasteiger partial charge < -0.3 is 21.3 Å². The topological polar surface area (TPSA) is 143 Å². The summed E-state index contributed by atoms with van der Waals surface area (Å²) in [6, 6.07) is -1.11. The summed E-state index contributed by atoms with van der Waals surface area (Å²) < 4.78 is 1.26. The van der Waals surface area contributed by atoms with Crippen molar-refractivity contribution in [3.63, 3.8) is 0 Å². The number of carboxylic acids is 1. The molecule has 1 aromatic heterocycles. The minimum Gasteiger partial charge on any atom is -0.480 e. The predicted molar refractivity (Wildman–Crippen MR) is 59.2 cm³/mol. The van der Waals surface area contributed by atoms with Crippen LogP contribution in [0.5, 0.6) is 0 Å². The molecule has 0 saturated heterocycles. The fraction of sp³-hybridized carbons (Fsp3) is 0.556. The maximum atomic E-state index is 11.5. The van der Waals surface area contributed by atoms with Crippen LogP contribution in [0.15, 0.2) is 6.20 Å². The zero-order valence-electron chi connectivity index (χ0n) is 9.61. The van der Waals surface area contributed by atoms with Crippen LogP contribution in [0.1, 0.15) is 12.1 Å². The Morgan fingerprint density at radius 3 is 2.78 bits per heavy atom. The van der Waals surface area contributed by atoms with Crippen LogP contribution in [0.2, 0.25) is 0 Å². The minimum absolute atomic E-state index is 0.0491. The van der Waals surface area contributed by atoms with Crippen LogP contribution in [0.25, 0.3) is 0 Å². The summed E-state index contributed by atoms with van der Waals surface area (Å²) in [6.07, 6.45) is 1.45. The third kappa shape index (κ3) is 4.11. The number of hydrogen-bond acceptors (Lipinski definition) is 6. The quantitative estimate of drug-likeness (QED) is 0.429. The molecule has 0 saturated carbocycles. The molecule has 0 radical (unpaired) electrons. The van der Waals surface area contributed by atoms with Crippen molar-refractivity contribution >= 4 is 11.9 Å². The Morgan fingerprint density at radius 2 is 2.28 bits per heavy atom. The number of amides is 1. The van der Waals surface area contributed by atoms with E-state index in [-0.39, 0.29) is 26.1 Å². The highest BCUT2D eigenvalue weighted by Gasteiger charge is 2.19. The molecule has 0 aromatic carbocycles. The Kier molecular flexibility index (Phi) is 5.21. The van der Waals surface area contributed by atoms with Gasteiger partial charge >= 0.3 is 5.97 Å². The van der Waals surface area contributed by atoms with Crippen molar-refractivity contribution in [2.45, 2.75) is 25.6 Å². The molecule has 1 atom stereocenters. The van der Waals surface area contributed by atoms with E-state index in [4.69, 9.17) is 15.9 Å². The maximum absolute atomic E-state index is 11.5. The summed E-state index contributed by atoms with van der Waals surface area (Å²) in [5.41, 5.74) is 5.87. The van der Waals surface area contributed by atoms with E-state index in [9.17, 15) is 9.59 Å². The first-order valence-electron chi connectivity index (χ1n) is 5.29. The highest BCUT2D eigenvalue weighted by molar-refractivity contribution is 5.83. The van der Waals surface area contributed by atoms with E-state index in [1.165, 1.54) is 10.9 Å². The zero-order valence-corrected chi connectivity index (χ0v) is 9.61. The Hall–Kier alpha value is -2.00. The van der Waals surface area contributed by atoms with Gasteiger partial charge in [-0.3, -0.25) is 4.79 Å². The van der Waals surface area contributed by atoms with Crippen LogP contribution in [0.3, 0.4) is 0 Å². The third-order valence-electron chi connectivity index (χ3n) is 2.15. The first kappa shape index (κ1) is 14.1. The molecule has 0 bridgehead atoms. The molecule has 0 aliphatic heterocycles. The molecular formula is C9H15N5O4. The zero-order chi connectivity index (χ0) is 13.5. The molecule has 1 aromatic rings. The number of nitrogens with one attached hydrogen (secondary N) is 1. The molecule has 1 unspecified atom stereocenters. The molecule has 9 nitrogen and oxygen atoms in total. The molecule has 0 aliphatic carbocycles. The van der Waals surface area contributed by atoms with Gasteiger partial charge in [0.25, 0.3) is 0 Å². The van der Waals surface area contributed by atoms with Crippen LogP contribution in [0.4, 0.5) is 0 Å². The second-order valence-electron chi connectivity index (χ2n) is 3.58. The lowest BCUT2D eigenvalue weighted by Crippen LogP contribution is -2.42. The Morgan fingerprint density at radius 1 is 1.56 bits per heavy atom. The first-order chi connectivity index (χ1) is 8.56. The number of aliphatic hydroxyl groups is 1. The van der Waals surface area contributed by atoms with Gasteiger partial charge in [0.2, 0.25) is 5.91 Å². The van der Waals surface area contributed by atoms with Crippen molar-refractivity contribution < 1.29 is 19.8 Å². The molecule has 0 aliphatic rings. The van der Waals surface area contributed by atoms with Gasteiger partial charge in [0, 0.05) is 19.6 Å². The number of carboxylic acid groups (broad SMARTS) is 1. The number of aliphatic hydroxyl groups excluding tert-OH is 1. The standard InChI is InChI=1S/C9H15N5O4/c10-3-6-4-14(13-12-6)5-8(16)11-7(1-2-15)9(17)18/h4,7,15H,1-3,5,10H2,(H,11,16)(H,17,18). The number of carbonyl (C=O) groups is 2. The van der Waals surface area contributed by atoms with Gasteiger partial charge in [0.15, 0.2) is 0 Å². The molecule has 0 fully saturated rings. The van der Waals surface area contributed by atoms with E-state index in [0.29, 0.717) is 5.69 Å². The molecule has 1 rings (SSSR count). The van der Waals surface area contributed by atoms with Crippen LogP contribution < -0.4 is 11.1 Å². The molecule has 0 spiro atoms. The maximum Gasteiger partial charge on any atom is 0.326 e. The Labute approximate surface area is 103 Å². The van der Waals surface area contributed by atoms with E-state index in [1.807, 2.05) is 0 Å². The summed E-state index contributed by atoms with van der Waals surface area (Å²) in [6.45, 7) is -0.260. The molecular weight excluding hydrogens is 242 g/mol. The normalized spacial score (nSPS) is 12.1. The first-order valence-corrected chi connectivity index (χ1v) is 5.29. The third-order valence-corrected chi connectivity index (χ3v) is 2.15. The number of rotatable bonds is 7. The number of nitrogens with zero attached hydrogens (tertiary/aromatic N) is 3. The largest absolute Gasteiger partial charge is 0.480 e. The van der Waals surface area contributed by atoms with Gasteiger partial charge in [-0.15, -0.1) is 5.10 Å². The van der Waals surface area contributed by atoms with Gasteiger partial charge in [-0.25, -0.2) is 9.48 Å². The average Bonchev–Trinajstić information content (AvgIpc) is 2.76. The smallest absolute Gasteiger partial charge is 0.326 e. The molecule has 100 valence electrons. The number of aliphatic carboxylic acids is 1. The van der Waals surface area contributed by atoms with E-state index >= 15 is 0 Å². The molecule has 1 amide bonds. The highest BCUT2D eigenvalue weighted by Crippen LogP contribution is 1.94. The van der Waals surface area contributed by atoms with Crippen LogP contribution >= 0.6 is 0 Å². The van der Waals surface area contributed by atoms with Gasteiger partial charge in [-0.1, -0.05) is 5.21 Å². The lowest BCUT2D eigenvalue weighted by Gasteiger charge is -2.12.